The number of benzene rings is 2. The van der Waals surface area contributed by atoms with Crippen LogP contribution in [0.2, 0.25) is 0 Å². The van der Waals surface area contributed by atoms with Gasteiger partial charge in [-0.15, -0.1) is 0 Å². The summed E-state index contributed by atoms with van der Waals surface area (Å²) in [6.45, 7) is 0. The molecule has 0 aliphatic carbocycles. The van der Waals surface area contributed by atoms with Crippen LogP contribution in [0.3, 0.4) is 0 Å². The van der Waals surface area contributed by atoms with Gasteiger partial charge >= 0.3 is 5.97 Å². The molecular formula is C17H17NO6S. The fourth-order valence-electron chi connectivity index (χ4n) is 3.03. The molecule has 0 radical (unpaired) electrons. The van der Waals surface area contributed by atoms with Crippen LogP contribution in [0.4, 0.5) is 5.69 Å². The number of para-hydroxylation sites is 1. The maximum absolute atomic E-state index is 13.2. The summed E-state index contributed by atoms with van der Waals surface area (Å²) in [4.78, 5) is 11.4. The van der Waals surface area contributed by atoms with Crippen molar-refractivity contribution in [3.05, 3.63) is 48.0 Å². The second kappa shape index (κ2) is 6.29. The van der Waals surface area contributed by atoms with Crippen molar-refractivity contribution in [2.24, 2.45) is 0 Å². The normalized spacial score (nSPS) is 17.8. The fraction of sp³-hybridized carbons (Fsp3) is 0.235. The second-order valence-electron chi connectivity index (χ2n) is 5.50. The Kier molecular flexibility index (Phi) is 4.30. The lowest BCUT2D eigenvalue weighted by molar-refractivity contribution is -0.137. The average molecular weight is 363 g/mol. The van der Waals surface area contributed by atoms with E-state index in [4.69, 9.17) is 9.47 Å². The predicted molar refractivity (Wildman–Crippen MR) is 90.6 cm³/mol. The Labute approximate surface area is 145 Å². The largest absolute Gasteiger partial charge is 0.497 e. The molecule has 0 saturated heterocycles. The fourth-order valence-corrected chi connectivity index (χ4v) is 5.04. The zero-order chi connectivity index (χ0) is 18.2. The molecule has 0 spiro atoms. The molecule has 1 atom stereocenters. The number of hydrogen-bond donors (Lipinski definition) is 1. The number of hydrogen-bond acceptors (Lipinski definition) is 5. The number of ether oxygens (including phenoxy) is 2. The maximum Gasteiger partial charge on any atom is 0.305 e. The van der Waals surface area contributed by atoms with Gasteiger partial charge in [0.05, 0.1) is 32.4 Å². The highest BCUT2D eigenvalue weighted by molar-refractivity contribution is 7.93. The van der Waals surface area contributed by atoms with Crippen molar-refractivity contribution in [1.82, 2.24) is 0 Å². The van der Waals surface area contributed by atoms with Crippen LogP contribution in [-0.2, 0) is 14.8 Å². The molecule has 0 bridgehead atoms. The summed E-state index contributed by atoms with van der Waals surface area (Å²) >= 11 is 0. The molecule has 25 heavy (non-hydrogen) atoms. The summed E-state index contributed by atoms with van der Waals surface area (Å²) in [7, 11) is -1.16. The minimum Gasteiger partial charge on any atom is -0.497 e. The average Bonchev–Trinajstić information content (AvgIpc) is 2.81. The van der Waals surface area contributed by atoms with Gasteiger partial charge in [0.25, 0.3) is 10.0 Å². The zero-order valence-corrected chi connectivity index (χ0v) is 14.5. The van der Waals surface area contributed by atoms with E-state index in [0.29, 0.717) is 17.0 Å². The molecule has 0 amide bonds. The Balaban J connectivity index is 2.29. The number of rotatable bonds is 5. The van der Waals surface area contributed by atoms with Crippen LogP contribution >= 0.6 is 0 Å². The molecule has 7 nitrogen and oxygen atoms in total. The number of carboxylic acids is 1. The van der Waals surface area contributed by atoms with Crippen molar-refractivity contribution in [3.63, 3.8) is 0 Å². The lowest BCUT2D eigenvalue weighted by Crippen LogP contribution is -2.29. The number of nitrogens with zero attached hydrogens (tertiary/aromatic N) is 1. The molecule has 1 aliphatic rings. The van der Waals surface area contributed by atoms with E-state index in [-0.39, 0.29) is 17.1 Å². The van der Waals surface area contributed by atoms with E-state index in [9.17, 15) is 18.3 Å². The Morgan fingerprint density at radius 2 is 1.84 bits per heavy atom. The minimum absolute atomic E-state index is 0.0223. The monoisotopic (exact) mass is 363 g/mol. The Morgan fingerprint density at radius 1 is 1.16 bits per heavy atom. The van der Waals surface area contributed by atoms with Crippen molar-refractivity contribution in [2.45, 2.75) is 17.4 Å². The van der Waals surface area contributed by atoms with Crippen LogP contribution in [-0.4, -0.2) is 33.7 Å². The van der Waals surface area contributed by atoms with Crippen LogP contribution in [0.5, 0.6) is 11.5 Å². The highest BCUT2D eigenvalue weighted by Gasteiger charge is 2.46. The first kappa shape index (κ1) is 17.1. The van der Waals surface area contributed by atoms with E-state index in [1.54, 1.807) is 36.4 Å². The number of carboxylic acid groups (broad SMARTS) is 1. The van der Waals surface area contributed by atoms with Gasteiger partial charge in [-0.1, -0.05) is 18.2 Å². The number of carbonyl (C=O) groups is 1. The van der Waals surface area contributed by atoms with E-state index in [1.165, 1.54) is 20.3 Å². The molecule has 2 aromatic carbocycles. The van der Waals surface area contributed by atoms with Gasteiger partial charge < -0.3 is 14.6 Å². The third-order valence-corrected chi connectivity index (χ3v) is 5.99. The summed E-state index contributed by atoms with van der Waals surface area (Å²) in [6.07, 6.45) is -0.378. The first-order valence-corrected chi connectivity index (χ1v) is 8.91. The first-order chi connectivity index (χ1) is 11.9. The molecule has 1 unspecified atom stereocenters. The number of methoxy groups -OCH3 is 2. The molecule has 132 valence electrons. The van der Waals surface area contributed by atoms with Gasteiger partial charge in [0.2, 0.25) is 0 Å². The molecule has 0 saturated carbocycles. The second-order valence-corrected chi connectivity index (χ2v) is 7.25. The standard InChI is InChI=1S/C17H17NO6S/c1-23-12-8-13-14(10-16(19)20)18(11-6-4-3-5-7-11)25(21,22)17(13)15(9-12)24-2/h3-9,14H,10H2,1-2H3,(H,19,20). The molecule has 2 aromatic rings. The summed E-state index contributed by atoms with van der Waals surface area (Å²) in [5.41, 5.74) is 0.744. The van der Waals surface area contributed by atoms with E-state index in [1.807, 2.05) is 0 Å². The molecule has 0 aromatic heterocycles. The van der Waals surface area contributed by atoms with Gasteiger partial charge in [-0.25, -0.2) is 8.42 Å². The molecule has 1 heterocycles. The Hall–Kier alpha value is -2.74. The van der Waals surface area contributed by atoms with Crippen molar-refractivity contribution < 1.29 is 27.8 Å². The third-order valence-electron chi connectivity index (χ3n) is 4.05. The number of fused-ring (bicyclic) bond motifs is 1. The summed E-state index contributed by atoms with van der Waals surface area (Å²) in [6, 6.07) is 10.5. The van der Waals surface area contributed by atoms with Gasteiger partial charge in [-0.3, -0.25) is 9.10 Å². The highest BCUT2D eigenvalue weighted by Crippen LogP contribution is 2.49. The summed E-state index contributed by atoms with van der Waals surface area (Å²) in [5, 5.41) is 9.30. The maximum atomic E-state index is 13.2. The van der Waals surface area contributed by atoms with Crippen LogP contribution in [0.25, 0.3) is 0 Å². The zero-order valence-electron chi connectivity index (χ0n) is 13.7. The lowest BCUT2D eigenvalue weighted by Gasteiger charge is -2.24. The van der Waals surface area contributed by atoms with Crippen LogP contribution < -0.4 is 13.8 Å². The van der Waals surface area contributed by atoms with Crippen molar-refractivity contribution in [2.75, 3.05) is 18.5 Å². The lowest BCUT2D eigenvalue weighted by atomic mass is 10.0. The number of sulfonamides is 1. The van der Waals surface area contributed by atoms with Crippen LogP contribution in [0.15, 0.2) is 47.4 Å². The topological polar surface area (TPSA) is 93.1 Å². The Morgan fingerprint density at radius 3 is 2.40 bits per heavy atom. The van der Waals surface area contributed by atoms with E-state index in [0.717, 1.165) is 4.31 Å². The van der Waals surface area contributed by atoms with Gasteiger partial charge in [0.15, 0.2) is 0 Å². The van der Waals surface area contributed by atoms with E-state index >= 15 is 0 Å². The van der Waals surface area contributed by atoms with Crippen molar-refractivity contribution in [1.29, 1.82) is 0 Å². The molecule has 1 N–H and O–H groups in total. The van der Waals surface area contributed by atoms with E-state index in [2.05, 4.69) is 0 Å². The molecular weight excluding hydrogens is 346 g/mol. The summed E-state index contributed by atoms with van der Waals surface area (Å²) < 4.78 is 37.9. The van der Waals surface area contributed by atoms with Crippen molar-refractivity contribution in [3.8, 4) is 11.5 Å². The quantitative estimate of drug-likeness (QED) is 0.877. The highest BCUT2D eigenvalue weighted by atomic mass is 32.2. The van der Waals surface area contributed by atoms with Gasteiger partial charge in [-0.2, -0.15) is 0 Å². The van der Waals surface area contributed by atoms with Gasteiger partial charge in [-0.05, 0) is 18.2 Å². The number of aliphatic carboxylic acids is 1. The summed E-state index contributed by atoms with van der Waals surface area (Å²) in [5.74, 6) is -0.574. The van der Waals surface area contributed by atoms with Crippen LogP contribution in [0.1, 0.15) is 18.0 Å². The van der Waals surface area contributed by atoms with Gasteiger partial charge in [0, 0.05) is 11.6 Å². The van der Waals surface area contributed by atoms with E-state index < -0.39 is 22.0 Å². The molecule has 0 fully saturated rings. The molecule has 8 heteroatoms. The first-order valence-electron chi connectivity index (χ1n) is 7.47. The smallest absolute Gasteiger partial charge is 0.305 e. The van der Waals surface area contributed by atoms with Crippen molar-refractivity contribution >= 4 is 21.7 Å². The minimum atomic E-state index is -3.97. The predicted octanol–water partition coefficient (Wildman–Crippen LogP) is 2.43. The Bertz CT molecular complexity index is 910. The van der Waals surface area contributed by atoms with Crippen LogP contribution in [0, 0.1) is 0 Å². The molecule has 1 aliphatic heterocycles. The number of anilines is 1. The van der Waals surface area contributed by atoms with Gasteiger partial charge in [0.1, 0.15) is 16.4 Å². The third kappa shape index (κ3) is 2.78. The SMILES string of the molecule is COc1cc(OC)c2c(c1)C(CC(=O)O)N(c1ccccc1)S2(=O)=O. The molecule has 3 rings (SSSR count).